The lowest BCUT2D eigenvalue weighted by atomic mass is 10.1. The molecule has 5 heteroatoms. The zero-order valence-electron chi connectivity index (χ0n) is 12.9. The SMILES string of the molecule is CCCCc1ccc(OCc2nc(C(C)(C)N)no2)cc1. The van der Waals surface area contributed by atoms with Gasteiger partial charge in [0.05, 0.1) is 5.54 Å². The minimum absolute atomic E-state index is 0.247. The van der Waals surface area contributed by atoms with Gasteiger partial charge in [0, 0.05) is 0 Å². The van der Waals surface area contributed by atoms with Crippen molar-refractivity contribution in [2.75, 3.05) is 0 Å². The van der Waals surface area contributed by atoms with Gasteiger partial charge in [-0.15, -0.1) is 0 Å². The van der Waals surface area contributed by atoms with Crippen molar-refractivity contribution in [2.45, 2.75) is 52.2 Å². The van der Waals surface area contributed by atoms with Crippen molar-refractivity contribution in [1.29, 1.82) is 0 Å². The summed E-state index contributed by atoms with van der Waals surface area (Å²) in [6.45, 7) is 6.10. The van der Waals surface area contributed by atoms with E-state index in [1.807, 2.05) is 26.0 Å². The van der Waals surface area contributed by atoms with Crippen LogP contribution in [0.4, 0.5) is 0 Å². The molecule has 1 aromatic heterocycles. The molecule has 0 radical (unpaired) electrons. The number of hydrogen-bond donors (Lipinski definition) is 1. The van der Waals surface area contributed by atoms with Crippen molar-refractivity contribution in [1.82, 2.24) is 10.1 Å². The fourth-order valence-corrected chi connectivity index (χ4v) is 1.85. The Morgan fingerprint density at radius 3 is 2.52 bits per heavy atom. The molecule has 0 saturated carbocycles. The minimum atomic E-state index is -0.608. The van der Waals surface area contributed by atoms with Crippen LogP contribution < -0.4 is 10.5 Å². The van der Waals surface area contributed by atoms with Crippen LogP contribution in [0.1, 0.15) is 50.9 Å². The summed E-state index contributed by atoms with van der Waals surface area (Å²) in [6.07, 6.45) is 3.52. The second-order valence-corrected chi connectivity index (χ2v) is 5.77. The summed E-state index contributed by atoms with van der Waals surface area (Å²) in [7, 11) is 0. The first-order valence-electron chi connectivity index (χ1n) is 7.32. The first-order chi connectivity index (χ1) is 9.99. The molecule has 0 aliphatic carbocycles. The van der Waals surface area contributed by atoms with Gasteiger partial charge in [-0.1, -0.05) is 30.6 Å². The maximum absolute atomic E-state index is 5.91. The van der Waals surface area contributed by atoms with E-state index in [-0.39, 0.29) is 6.61 Å². The molecule has 0 bridgehead atoms. The molecule has 0 aliphatic rings. The molecule has 0 aliphatic heterocycles. The van der Waals surface area contributed by atoms with E-state index < -0.39 is 5.54 Å². The Morgan fingerprint density at radius 1 is 1.24 bits per heavy atom. The Balaban J connectivity index is 1.89. The zero-order chi connectivity index (χ0) is 15.3. The lowest BCUT2D eigenvalue weighted by Crippen LogP contribution is -2.30. The van der Waals surface area contributed by atoms with Gasteiger partial charge in [0.1, 0.15) is 5.75 Å². The van der Waals surface area contributed by atoms with Crippen molar-refractivity contribution >= 4 is 0 Å². The molecule has 0 spiro atoms. The third kappa shape index (κ3) is 4.56. The average molecular weight is 289 g/mol. The Labute approximate surface area is 125 Å². The Morgan fingerprint density at radius 2 is 1.95 bits per heavy atom. The van der Waals surface area contributed by atoms with E-state index in [9.17, 15) is 0 Å². The van der Waals surface area contributed by atoms with E-state index in [0.29, 0.717) is 11.7 Å². The van der Waals surface area contributed by atoms with Gasteiger partial charge in [-0.3, -0.25) is 0 Å². The van der Waals surface area contributed by atoms with Crippen LogP contribution in [0.2, 0.25) is 0 Å². The Hall–Kier alpha value is -1.88. The van der Waals surface area contributed by atoms with E-state index in [1.165, 1.54) is 18.4 Å². The van der Waals surface area contributed by atoms with Gasteiger partial charge in [-0.2, -0.15) is 4.98 Å². The lowest BCUT2D eigenvalue weighted by molar-refractivity contribution is 0.242. The van der Waals surface area contributed by atoms with Crippen LogP contribution in [0.15, 0.2) is 28.8 Å². The molecule has 0 atom stereocenters. The molecule has 2 N–H and O–H groups in total. The molecule has 114 valence electrons. The number of hydrogen-bond acceptors (Lipinski definition) is 5. The summed E-state index contributed by atoms with van der Waals surface area (Å²) in [6, 6.07) is 8.12. The zero-order valence-corrected chi connectivity index (χ0v) is 12.9. The molecule has 2 rings (SSSR count). The normalized spacial score (nSPS) is 11.6. The molecule has 2 aromatic rings. The number of benzene rings is 1. The summed E-state index contributed by atoms with van der Waals surface area (Å²) in [5, 5.41) is 3.86. The van der Waals surface area contributed by atoms with Gasteiger partial charge in [0.2, 0.25) is 0 Å². The largest absolute Gasteiger partial charge is 0.484 e. The second kappa shape index (κ2) is 6.72. The van der Waals surface area contributed by atoms with Crippen LogP contribution in [0.5, 0.6) is 5.75 Å². The quantitative estimate of drug-likeness (QED) is 0.847. The molecule has 1 aromatic carbocycles. The van der Waals surface area contributed by atoms with E-state index in [0.717, 1.165) is 12.2 Å². The maximum atomic E-state index is 5.91. The maximum Gasteiger partial charge on any atom is 0.264 e. The number of rotatable bonds is 7. The molecule has 21 heavy (non-hydrogen) atoms. The first-order valence-corrected chi connectivity index (χ1v) is 7.32. The van der Waals surface area contributed by atoms with Crippen LogP contribution in [0.25, 0.3) is 0 Å². The minimum Gasteiger partial charge on any atom is -0.484 e. The smallest absolute Gasteiger partial charge is 0.264 e. The second-order valence-electron chi connectivity index (χ2n) is 5.77. The summed E-state index contributed by atoms with van der Waals surface area (Å²) in [5.41, 5.74) is 6.63. The van der Waals surface area contributed by atoms with Gasteiger partial charge in [0.25, 0.3) is 5.89 Å². The Kier molecular flexibility index (Phi) is 4.96. The first kappa shape index (κ1) is 15.5. The number of aromatic nitrogens is 2. The number of aryl methyl sites for hydroxylation is 1. The predicted molar refractivity (Wildman–Crippen MR) is 80.9 cm³/mol. The summed E-state index contributed by atoms with van der Waals surface area (Å²) < 4.78 is 10.8. The number of unbranched alkanes of at least 4 members (excludes halogenated alkanes) is 1. The van der Waals surface area contributed by atoms with Crippen molar-refractivity contribution in [3.05, 3.63) is 41.5 Å². The molecule has 0 unspecified atom stereocenters. The predicted octanol–water partition coefficient (Wildman–Crippen LogP) is 3.19. The fraction of sp³-hybridized carbons (Fsp3) is 0.500. The molecule has 0 amide bonds. The number of nitrogens with two attached hydrogens (primary N) is 1. The number of nitrogens with zero attached hydrogens (tertiary/aromatic N) is 2. The highest BCUT2D eigenvalue weighted by Crippen LogP contribution is 2.17. The fourth-order valence-electron chi connectivity index (χ4n) is 1.85. The van der Waals surface area contributed by atoms with Crippen LogP contribution in [0.3, 0.4) is 0 Å². The van der Waals surface area contributed by atoms with E-state index in [1.54, 1.807) is 0 Å². The topological polar surface area (TPSA) is 74.2 Å². The van der Waals surface area contributed by atoms with Crippen LogP contribution in [0, 0.1) is 0 Å². The molecular weight excluding hydrogens is 266 g/mol. The Bertz CT molecular complexity index is 556. The lowest BCUT2D eigenvalue weighted by Gasteiger charge is -2.11. The van der Waals surface area contributed by atoms with Gasteiger partial charge in [-0.05, 0) is 44.4 Å². The van der Waals surface area contributed by atoms with E-state index in [2.05, 4.69) is 29.2 Å². The highest BCUT2D eigenvalue weighted by atomic mass is 16.5. The molecule has 0 fully saturated rings. The van der Waals surface area contributed by atoms with E-state index in [4.69, 9.17) is 15.0 Å². The monoisotopic (exact) mass is 289 g/mol. The van der Waals surface area contributed by atoms with Crippen molar-refractivity contribution in [2.24, 2.45) is 5.73 Å². The van der Waals surface area contributed by atoms with E-state index >= 15 is 0 Å². The third-order valence-electron chi connectivity index (χ3n) is 3.15. The molecular formula is C16H23N3O2. The standard InChI is InChI=1S/C16H23N3O2/c1-4-5-6-12-7-9-13(10-8-12)20-11-14-18-15(19-21-14)16(2,3)17/h7-10H,4-6,11,17H2,1-3H3. The number of ether oxygens (including phenoxy) is 1. The average Bonchev–Trinajstić information content (AvgIpc) is 2.93. The highest BCUT2D eigenvalue weighted by Gasteiger charge is 2.21. The van der Waals surface area contributed by atoms with Crippen molar-refractivity contribution in [3.8, 4) is 5.75 Å². The van der Waals surface area contributed by atoms with Crippen LogP contribution in [-0.4, -0.2) is 10.1 Å². The van der Waals surface area contributed by atoms with Gasteiger partial charge >= 0.3 is 0 Å². The van der Waals surface area contributed by atoms with Gasteiger partial charge < -0.3 is 15.0 Å². The molecule has 5 nitrogen and oxygen atoms in total. The van der Waals surface area contributed by atoms with Crippen molar-refractivity contribution < 1.29 is 9.26 Å². The summed E-state index contributed by atoms with van der Waals surface area (Å²) >= 11 is 0. The molecule has 0 saturated heterocycles. The highest BCUT2D eigenvalue weighted by molar-refractivity contribution is 5.27. The van der Waals surface area contributed by atoms with Gasteiger partial charge in [-0.25, -0.2) is 0 Å². The third-order valence-corrected chi connectivity index (χ3v) is 3.15. The molecule has 1 heterocycles. The van der Waals surface area contributed by atoms with Crippen LogP contribution >= 0.6 is 0 Å². The summed E-state index contributed by atoms with van der Waals surface area (Å²) in [5.74, 6) is 1.71. The van der Waals surface area contributed by atoms with Gasteiger partial charge in [0.15, 0.2) is 12.4 Å². The summed E-state index contributed by atoms with van der Waals surface area (Å²) in [4.78, 5) is 4.23. The van der Waals surface area contributed by atoms with Crippen LogP contribution in [-0.2, 0) is 18.6 Å². The van der Waals surface area contributed by atoms with Crippen molar-refractivity contribution in [3.63, 3.8) is 0 Å².